The number of rotatable bonds is 5. The van der Waals surface area contributed by atoms with Gasteiger partial charge in [-0.2, -0.15) is 0 Å². The fourth-order valence-corrected chi connectivity index (χ4v) is 1.89. The highest BCUT2D eigenvalue weighted by atomic mass is 19.4. The van der Waals surface area contributed by atoms with Crippen LogP contribution in [0.2, 0.25) is 0 Å². The van der Waals surface area contributed by atoms with E-state index in [1.807, 2.05) is 0 Å². The molecule has 2 nitrogen and oxygen atoms in total. The minimum absolute atomic E-state index is 0.314. The van der Waals surface area contributed by atoms with Crippen LogP contribution in [0.5, 0.6) is 11.5 Å². The first-order valence-corrected chi connectivity index (χ1v) is 7.17. The standard InChI is InChI=1S/C18H12F6O2/c19-17(20,21)25-15-9-5-13(6-10-15)3-1-2-4-14-7-11-16(12-8-14)26-18(22,23)24/h1-12H/b3-1+,4-2+. The first kappa shape index (κ1) is 19.4. The van der Waals surface area contributed by atoms with Gasteiger partial charge in [0.2, 0.25) is 0 Å². The molecule has 0 aliphatic rings. The summed E-state index contributed by atoms with van der Waals surface area (Å²) in [5, 5.41) is 0. The average Bonchev–Trinajstić information content (AvgIpc) is 2.52. The Hall–Kier alpha value is -2.90. The van der Waals surface area contributed by atoms with Gasteiger partial charge >= 0.3 is 12.7 Å². The van der Waals surface area contributed by atoms with Gasteiger partial charge in [-0.3, -0.25) is 0 Å². The molecule has 0 saturated carbocycles. The molecule has 0 aromatic heterocycles. The van der Waals surface area contributed by atoms with E-state index >= 15 is 0 Å². The summed E-state index contributed by atoms with van der Waals surface area (Å²) >= 11 is 0. The van der Waals surface area contributed by atoms with Gasteiger partial charge in [0, 0.05) is 0 Å². The summed E-state index contributed by atoms with van der Waals surface area (Å²) in [6.07, 6.45) is -2.90. The lowest BCUT2D eigenvalue weighted by Gasteiger charge is -2.08. The molecule has 8 heteroatoms. The van der Waals surface area contributed by atoms with Crippen LogP contribution in [-0.4, -0.2) is 12.7 Å². The lowest BCUT2D eigenvalue weighted by Crippen LogP contribution is -2.16. The molecule has 2 aromatic rings. The number of halogens is 6. The van der Waals surface area contributed by atoms with E-state index in [2.05, 4.69) is 9.47 Å². The van der Waals surface area contributed by atoms with E-state index < -0.39 is 12.7 Å². The van der Waals surface area contributed by atoms with Gasteiger partial charge in [0.05, 0.1) is 0 Å². The predicted molar refractivity (Wildman–Crippen MR) is 84.3 cm³/mol. The Labute approximate surface area is 145 Å². The van der Waals surface area contributed by atoms with Crippen molar-refractivity contribution in [3.8, 4) is 11.5 Å². The smallest absolute Gasteiger partial charge is 0.406 e. The van der Waals surface area contributed by atoms with Gasteiger partial charge in [0.25, 0.3) is 0 Å². The van der Waals surface area contributed by atoms with Crippen molar-refractivity contribution in [2.75, 3.05) is 0 Å². The molecule has 0 saturated heterocycles. The Kier molecular flexibility index (Phi) is 5.97. The summed E-state index contributed by atoms with van der Waals surface area (Å²) in [6, 6.07) is 10.6. The van der Waals surface area contributed by atoms with Crippen molar-refractivity contribution < 1.29 is 35.8 Å². The summed E-state index contributed by atoms with van der Waals surface area (Å²) in [7, 11) is 0. The van der Waals surface area contributed by atoms with Crippen LogP contribution in [0.25, 0.3) is 12.2 Å². The third-order valence-corrected chi connectivity index (χ3v) is 2.92. The van der Waals surface area contributed by atoms with Crippen LogP contribution in [0.15, 0.2) is 60.7 Å². The van der Waals surface area contributed by atoms with E-state index in [-0.39, 0.29) is 11.5 Å². The molecule has 0 heterocycles. The first-order valence-electron chi connectivity index (χ1n) is 7.17. The molecule has 0 unspecified atom stereocenters. The highest BCUT2D eigenvalue weighted by Crippen LogP contribution is 2.24. The van der Waals surface area contributed by atoms with Crippen molar-refractivity contribution in [3.05, 3.63) is 71.8 Å². The van der Waals surface area contributed by atoms with Crippen LogP contribution >= 0.6 is 0 Å². The van der Waals surface area contributed by atoms with Crippen LogP contribution in [0, 0.1) is 0 Å². The van der Waals surface area contributed by atoms with Gasteiger partial charge in [-0.15, -0.1) is 26.3 Å². The number of allylic oxidation sites excluding steroid dienone is 2. The zero-order chi connectivity index (χ0) is 19.2. The van der Waals surface area contributed by atoms with E-state index in [9.17, 15) is 26.3 Å². The Balaban J connectivity index is 1.91. The summed E-state index contributed by atoms with van der Waals surface area (Å²) in [4.78, 5) is 0. The van der Waals surface area contributed by atoms with Crippen molar-refractivity contribution in [2.45, 2.75) is 12.7 Å². The summed E-state index contributed by atoms with van der Waals surface area (Å²) in [5.41, 5.74) is 1.30. The first-order chi connectivity index (χ1) is 12.1. The van der Waals surface area contributed by atoms with E-state index in [0.717, 1.165) is 0 Å². The van der Waals surface area contributed by atoms with Crippen molar-refractivity contribution in [1.82, 2.24) is 0 Å². The fraction of sp³-hybridized carbons (Fsp3) is 0.111. The quantitative estimate of drug-likeness (QED) is 0.458. The van der Waals surface area contributed by atoms with E-state index in [4.69, 9.17) is 0 Å². The van der Waals surface area contributed by atoms with Crippen LogP contribution in [0.1, 0.15) is 11.1 Å². The van der Waals surface area contributed by atoms with Gasteiger partial charge in [-0.05, 0) is 35.4 Å². The van der Waals surface area contributed by atoms with Crippen molar-refractivity contribution in [2.24, 2.45) is 0 Å². The van der Waals surface area contributed by atoms with Crippen molar-refractivity contribution in [3.63, 3.8) is 0 Å². The summed E-state index contributed by atoms with van der Waals surface area (Å²) < 4.78 is 79.8. The fourth-order valence-electron chi connectivity index (χ4n) is 1.89. The maximum Gasteiger partial charge on any atom is 0.573 e. The molecule has 0 radical (unpaired) electrons. The van der Waals surface area contributed by atoms with Gasteiger partial charge in [-0.25, -0.2) is 0 Å². The third kappa shape index (κ3) is 7.33. The second-order valence-corrected chi connectivity index (χ2v) is 4.95. The molecule has 0 fully saturated rings. The minimum atomic E-state index is -4.74. The molecule has 0 N–H and O–H groups in total. The van der Waals surface area contributed by atoms with Gasteiger partial charge in [-0.1, -0.05) is 48.6 Å². The monoisotopic (exact) mass is 374 g/mol. The summed E-state index contributed by atoms with van der Waals surface area (Å²) in [5.74, 6) is -0.627. The number of hydrogen-bond acceptors (Lipinski definition) is 2. The number of benzene rings is 2. The van der Waals surface area contributed by atoms with Crippen LogP contribution in [0.3, 0.4) is 0 Å². The van der Waals surface area contributed by atoms with Crippen LogP contribution < -0.4 is 9.47 Å². The van der Waals surface area contributed by atoms with Gasteiger partial charge in [0.15, 0.2) is 0 Å². The Morgan fingerprint density at radius 1 is 0.538 bits per heavy atom. The highest BCUT2D eigenvalue weighted by molar-refractivity contribution is 5.58. The van der Waals surface area contributed by atoms with Gasteiger partial charge in [0.1, 0.15) is 11.5 Å². The zero-order valence-electron chi connectivity index (χ0n) is 13.0. The van der Waals surface area contributed by atoms with Crippen molar-refractivity contribution >= 4 is 12.2 Å². The molecule has 138 valence electrons. The predicted octanol–water partition coefficient (Wildman–Crippen LogP) is 6.21. The molecule has 26 heavy (non-hydrogen) atoms. The molecule has 0 atom stereocenters. The Bertz CT molecular complexity index is 689. The largest absolute Gasteiger partial charge is 0.573 e. The molecule has 0 spiro atoms. The lowest BCUT2D eigenvalue weighted by molar-refractivity contribution is -0.275. The van der Waals surface area contributed by atoms with Crippen molar-refractivity contribution in [1.29, 1.82) is 0 Å². The maximum absolute atomic E-state index is 12.0. The molecule has 0 amide bonds. The average molecular weight is 374 g/mol. The molecule has 0 aliphatic carbocycles. The Morgan fingerprint density at radius 2 is 0.846 bits per heavy atom. The Morgan fingerprint density at radius 3 is 1.12 bits per heavy atom. The van der Waals surface area contributed by atoms with Crippen LogP contribution in [-0.2, 0) is 0 Å². The minimum Gasteiger partial charge on any atom is -0.406 e. The zero-order valence-corrected chi connectivity index (χ0v) is 13.0. The molecular weight excluding hydrogens is 362 g/mol. The summed E-state index contributed by atoms with van der Waals surface area (Å²) in [6.45, 7) is 0. The molecule has 0 aliphatic heterocycles. The number of alkyl halides is 6. The second kappa shape index (κ2) is 7.99. The number of ether oxygens (including phenoxy) is 2. The van der Waals surface area contributed by atoms with E-state index in [1.54, 1.807) is 24.3 Å². The van der Waals surface area contributed by atoms with E-state index in [0.29, 0.717) is 11.1 Å². The van der Waals surface area contributed by atoms with E-state index in [1.165, 1.54) is 48.5 Å². The molecule has 2 aromatic carbocycles. The molecule has 2 rings (SSSR count). The normalized spacial score (nSPS) is 12.7. The highest BCUT2D eigenvalue weighted by Gasteiger charge is 2.31. The second-order valence-electron chi connectivity index (χ2n) is 4.95. The van der Waals surface area contributed by atoms with Gasteiger partial charge < -0.3 is 9.47 Å². The SMILES string of the molecule is FC(F)(F)Oc1ccc(/C=C/C=C/c2ccc(OC(F)(F)F)cc2)cc1. The molecular formula is C18H12F6O2. The molecule has 0 bridgehead atoms. The topological polar surface area (TPSA) is 18.5 Å². The maximum atomic E-state index is 12.0. The lowest BCUT2D eigenvalue weighted by atomic mass is 10.2. The third-order valence-electron chi connectivity index (χ3n) is 2.92. The number of hydrogen-bond donors (Lipinski definition) is 0. The van der Waals surface area contributed by atoms with Crippen LogP contribution in [0.4, 0.5) is 26.3 Å².